The lowest BCUT2D eigenvalue weighted by Crippen LogP contribution is -2.47. The predicted molar refractivity (Wildman–Crippen MR) is 120 cm³/mol. The molecule has 0 radical (unpaired) electrons. The smallest absolute Gasteiger partial charge is 0.320 e. The minimum Gasteiger partial charge on any atom is -0.494 e. The highest BCUT2D eigenvalue weighted by Crippen LogP contribution is 2.40. The first-order chi connectivity index (χ1) is 13.9. The quantitative estimate of drug-likeness (QED) is 0.633. The van der Waals surface area contributed by atoms with Gasteiger partial charge in [-0.1, -0.05) is 34.5 Å². The number of likely N-dealkylation sites (tertiary alicyclic amines) is 1. The highest BCUT2D eigenvalue weighted by Gasteiger charge is 2.36. The van der Waals surface area contributed by atoms with E-state index in [1.165, 1.54) is 0 Å². The second-order valence-corrected chi connectivity index (χ2v) is 8.51. The number of rotatable bonds is 7. The van der Waals surface area contributed by atoms with Crippen LogP contribution < -0.4 is 9.64 Å². The summed E-state index contributed by atoms with van der Waals surface area (Å²) in [4.78, 5) is 16.2. The van der Waals surface area contributed by atoms with Crippen molar-refractivity contribution in [3.8, 4) is 5.75 Å². The van der Waals surface area contributed by atoms with Gasteiger partial charge in [0.2, 0.25) is 0 Å². The van der Waals surface area contributed by atoms with Gasteiger partial charge in [0.05, 0.1) is 12.6 Å². The van der Waals surface area contributed by atoms with Crippen LogP contribution in [0.1, 0.15) is 43.4 Å². The van der Waals surface area contributed by atoms with Gasteiger partial charge in [-0.15, -0.1) is 0 Å². The number of carboxylic acids is 1. The molecule has 5 nitrogen and oxygen atoms in total. The van der Waals surface area contributed by atoms with Gasteiger partial charge in [-0.3, -0.25) is 9.69 Å². The third-order valence-electron chi connectivity index (χ3n) is 5.45. The molecule has 1 aliphatic heterocycles. The van der Waals surface area contributed by atoms with Crippen molar-refractivity contribution >= 4 is 27.6 Å². The number of benzene rings is 2. The third-order valence-corrected chi connectivity index (χ3v) is 5.95. The maximum absolute atomic E-state index is 12.1. The zero-order chi connectivity index (χ0) is 21.0. The zero-order valence-corrected chi connectivity index (χ0v) is 18.9. The maximum Gasteiger partial charge on any atom is 0.320 e. The largest absolute Gasteiger partial charge is 0.494 e. The number of ether oxygens (including phenoxy) is 1. The molecular weight excluding hydrogens is 432 g/mol. The first-order valence-corrected chi connectivity index (χ1v) is 10.9. The fourth-order valence-electron chi connectivity index (χ4n) is 4.05. The average Bonchev–Trinajstić information content (AvgIpc) is 2.71. The molecule has 0 spiro atoms. The lowest BCUT2D eigenvalue weighted by molar-refractivity contribution is -0.145. The van der Waals surface area contributed by atoms with Gasteiger partial charge in [-0.2, -0.15) is 0 Å². The number of aliphatic carboxylic acids is 1. The molecule has 1 aliphatic rings. The topological polar surface area (TPSA) is 53.0 Å². The van der Waals surface area contributed by atoms with E-state index in [0.717, 1.165) is 46.4 Å². The Bertz CT molecular complexity index is 839. The number of halogens is 1. The zero-order valence-electron chi connectivity index (χ0n) is 17.3. The van der Waals surface area contributed by atoms with E-state index in [1.807, 2.05) is 33.2 Å². The van der Waals surface area contributed by atoms with Gasteiger partial charge in [0.1, 0.15) is 11.8 Å². The number of hydrogen-bond acceptors (Lipinski definition) is 4. The van der Waals surface area contributed by atoms with Crippen LogP contribution in [0.2, 0.25) is 0 Å². The fourth-order valence-corrected chi connectivity index (χ4v) is 4.43. The summed E-state index contributed by atoms with van der Waals surface area (Å²) < 4.78 is 6.89. The predicted octanol–water partition coefficient (Wildman–Crippen LogP) is 4.94. The van der Waals surface area contributed by atoms with E-state index in [0.29, 0.717) is 13.0 Å². The van der Waals surface area contributed by atoms with Crippen molar-refractivity contribution in [3.05, 3.63) is 58.1 Å². The number of piperidine rings is 1. The van der Waals surface area contributed by atoms with Crippen molar-refractivity contribution in [2.24, 2.45) is 0 Å². The van der Waals surface area contributed by atoms with Crippen molar-refractivity contribution < 1.29 is 14.6 Å². The Balaban J connectivity index is 2.14. The van der Waals surface area contributed by atoms with Crippen LogP contribution in [0, 0.1) is 0 Å². The van der Waals surface area contributed by atoms with Crippen LogP contribution in [0.3, 0.4) is 0 Å². The van der Waals surface area contributed by atoms with E-state index in [4.69, 9.17) is 4.74 Å². The molecule has 1 fully saturated rings. The van der Waals surface area contributed by atoms with Crippen molar-refractivity contribution in [3.63, 3.8) is 0 Å². The van der Waals surface area contributed by atoms with E-state index in [2.05, 4.69) is 56.1 Å². The maximum atomic E-state index is 12.1. The van der Waals surface area contributed by atoms with E-state index in [1.54, 1.807) is 0 Å². The van der Waals surface area contributed by atoms with Gasteiger partial charge in [-0.05, 0) is 62.2 Å². The summed E-state index contributed by atoms with van der Waals surface area (Å²) in [6.07, 6.45) is 2.60. The molecule has 1 saturated heterocycles. The van der Waals surface area contributed by atoms with Crippen LogP contribution in [-0.4, -0.2) is 49.3 Å². The highest BCUT2D eigenvalue weighted by molar-refractivity contribution is 9.10. The monoisotopic (exact) mass is 460 g/mol. The molecule has 2 atom stereocenters. The number of carboxylic acid groups (broad SMARTS) is 1. The number of nitrogens with zero attached hydrogens (tertiary/aromatic N) is 2. The average molecular weight is 461 g/mol. The molecule has 3 rings (SSSR count). The van der Waals surface area contributed by atoms with Crippen LogP contribution in [0.25, 0.3) is 0 Å². The molecule has 0 bridgehead atoms. The lowest BCUT2D eigenvalue weighted by atomic mass is 9.91. The van der Waals surface area contributed by atoms with E-state index in [9.17, 15) is 9.90 Å². The molecular formula is C23H29BrN2O3. The summed E-state index contributed by atoms with van der Waals surface area (Å²) in [5.74, 6) is 0.0414. The van der Waals surface area contributed by atoms with Crippen LogP contribution in [0.15, 0.2) is 46.9 Å². The molecule has 0 saturated carbocycles. The summed E-state index contributed by atoms with van der Waals surface area (Å²) in [6, 6.07) is 13.7. The van der Waals surface area contributed by atoms with Crippen LogP contribution in [0.4, 0.5) is 5.69 Å². The van der Waals surface area contributed by atoms with Crippen LogP contribution in [-0.2, 0) is 4.79 Å². The Kier molecular flexibility index (Phi) is 7.19. The number of carbonyl (C=O) groups is 1. The standard InChI is InChI=1S/C23H29BrN2O3/c1-4-29-21-13-10-17(24)15-19(21)22(16-8-11-18(12-9-16)25(2)3)26-14-6-5-7-20(26)23(27)28/h8-13,15,20,22H,4-7,14H2,1-3H3,(H,27,28). The molecule has 1 heterocycles. The minimum atomic E-state index is -0.757. The van der Waals surface area contributed by atoms with Gasteiger partial charge >= 0.3 is 5.97 Å². The number of anilines is 1. The Morgan fingerprint density at radius 1 is 1.24 bits per heavy atom. The first kappa shape index (κ1) is 21.7. The number of hydrogen-bond donors (Lipinski definition) is 1. The first-order valence-electron chi connectivity index (χ1n) is 10.1. The molecule has 2 aromatic carbocycles. The normalized spacial score (nSPS) is 18.3. The van der Waals surface area contributed by atoms with Gasteiger partial charge in [0.25, 0.3) is 0 Å². The molecule has 156 valence electrons. The van der Waals surface area contributed by atoms with Gasteiger partial charge < -0.3 is 14.7 Å². The Hall–Kier alpha value is -2.05. The van der Waals surface area contributed by atoms with E-state index >= 15 is 0 Å². The highest BCUT2D eigenvalue weighted by atomic mass is 79.9. The Labute approximate surface area is 181 Å². The van der Waals surface area contributed by atoms with Crippen LogP contribution >= 0.6 is 15.9 Å². The van der Waals surface area contributed by atoms with E-state index in [-0.39, 0.29) is 6.04 Å². The SMILES string of the molecule is CCOc1ccc(Br)cc1C(c1ccc(N(C)C)cc1)N1CCCCC1C(=O)O. The lowest BCUT2D eigenvalue weighted by Gasteiger charge is -2.40. The second-order valence-electron chi connectivity index (χ2n) is 7.59. The summed E-state index contributed by atoms with van der Waals surface area (Å²) in [5.41, 5.74) is 3.18. The summed E-state index contributed by atoms with van der Waals surface area (Å²) in [6.45, 7) is 3.27. The second kappa shape index (κ2) is 9.63. The Morgan fingerprint density at radius 2 is 1.97 bits per heavy atom. The molecule has 0 amide bonds. The van der Waals surface area contributed by atoms with E-state index < -0.39 is 12.0 Å². The molecule has 0 aromatic heterocycles. The van der Waals surface area contributed by atoms with Crippen molar-refractivity contribution in [2.45, 2.75) is 38.3 Å². The van der Waals surface area contributed by atoms with Crippen molar-refractivity contribution in [1.82, 2.24) is 4.90 Å². The molecule has 2 unspecified atom stereocenters. The third kappa shape index (κ3) is 4.93. The summed E-state index contributed by atoms with van der Waals surface area (Å²) >= 11 is 3.59. The Morgan fingerprint density at radius 3 is 2.59 bits per heavy atom. The molecule has 1 N–H and O–H groups in total. The summed E-state index contributed by atoms with van der Waals surface area (Å²) in [7, 11) is 4.03. The van der Waals surface area contributed by atoms with Crippen molar-refractivity contribution in [1.29, 1.82) is 0 Å². The van der Waals surface area contributed by atoms with Crippen LogP contribution in [0.5, 0.6) is 5.75 Å². The molecule has 0 aliphatic carbocycles. The van der Waals surface area contributed by atoms with Gasteiger partial charge in [0, 0.05) is 29.8 Å². The van der Waals surface area contributed by atoms with Gasteiger partial charge in [-0.25, -0.2) is 0 Å². The molecule has 29 heavy (non-hydrogen) atoms. The molecule has 6 heteroatoms. The molecule has 2 aromatic rings. The fraction of sp³-hybridized carbons (Fsp3) is 0.435. The minimum absolute atomic E-state index is 0.188. The van der Waals surface area contributed by atoms with Gasteiger partial charge in [0.15, 0.2) is 0 Å². The van der Waals surface area contributed by atoms with Crippen molar-refractivity contribution in [2.75, 3.05) is 32.1 Å². The summed E-state index contributed by atoms with van der Waals surface area (Å²) in [5, 5.41) is 9.91.